The number of sulfonamides is 1. The van der Waals surface area contributed by atoms with Crippen molar-refractivity contribution in [1.82, 2.24) is 4.90 Å². The van der Waals surface area contributed by atoms with Gasteiger partial charge in [0.25, 0.3) is 15.9 Å². The van der Waals surface area contributed by atoms with E-state index in [2.05, 4.69) is 4.72 Å². The second kappa shape index (κ2) is 8.37. The SMILES string of the molecule is CCN(Cc1cccs1)C(=O)c1cccc(NS(=O)(=O)c2ccccc2)c1. The number of carbonyl (C=O) groups is 1. The van der Waals surface area contributed by atoms with E-state index in [0.29, 0.717) is 24.3 Å². The van der Waals surface area contributed by atoms with E-state index in [9.17, 15) is 13.2 Å². The molecule has 140 valence electrons. The zero-order valence-corrected chi connectivity index (χ0v) is 16.5. The fourth-order valence-corrected chi connectivity index (χ4v) is 4.42. The quantitative estimate of drug-likeness (QED) is 0.646. The van der Waals surface area contributed by atoms with Gasteiger partial charge >= 0.3 is 0 Å². The predicted molar refractivity (Wildman–Crippen MR) is 108 cm³/mol. The van der Waals surface area contributed by atoms with Gasteiger partial charge in [-0.25, -0.2) is 8.42 Å². The molecule has 7 heteroatoms. The number of hydrogen-bond acceptors (Lipinski definition) is 4. The molecule has 0 spiro atoms. The van der Waals surface area contributed by atoms with Gasteiger partial charge in [-0.05, 0) is 48.7 Å². The molecule has 3 rings (SSSR count). The van der Waals surface area contributed by atoms with Gasteiger partial charge in [-0.3, -0.25) is 9.52 Å². The number of amides is 1. The summed E-state index contributed by atoms with van der Waals surface area (Å²) < 4.78 is 27.5. The molecule has 0 aliphatic carbocycles. The minimum Gasteiger partial charge on any atom is -0.334 e. The molecule has 1 aromatic heterocycles. The standard InChI is InChI=1S/C20H20N2O3S2/c1-2-22(15-18-10-7-13-26-18)20(23)16-8-6-9-17(14-16)21-27(24,25)19-11-4-3-5-12-19/h3-14,21H,2,15H2,1H3. The van der Waals surface area contributed by atoms with Crippen molar-refractivity contribution in [2.45, 2.75) is 18.4 Å². The number of nitrogens with zero attached hydrogens (tertiary/aromatic N) is 1. The lowest BCUT2D eigenvalue weighted by Gasteiger charge is -2.20. The first-order chi connectivity index (χ1) is 13.0. The monoisotopic (exact) mass is 400 g/mol. The van der Waals surface area contributed by atoms with Crippen LogP contribution in [0.2, 0.25) is 0 Å². The Morgan fingerprint density at radius 2 is 1.81 bits per heavy atom. The molecule has 0 fully saturated rings. The van der Waals surface area contributed by atoms with Crippen molar-refractivity contribution in [1.29, 1.82) is 0 Å². The first-order valence-electron chi connectivity index (χ1n) is 8.49. The van der Waals surface area contributed by atoms with Crippen LogP contribution in [0.5, 0.6) is 0 Å². The molecule has 1 N–H and O–H groups in total. The maximum atomic E-state index is 12.8. The average molecular weight is 401 g/mol. The summed E-state index contributed by atoms with van der Waals surface area (Å²) in [6.07, 6.45) is 0. The number of carbonyl (C=O) groups excluding carboxylic acids is 1. The Kier molecular flexibility index (Phi) is 5.93. The maximum absolute atomic E-state index is 12.8. The molecule has 0 saturated carbocycles. The van der Waals surface area contributed by atoms with Crippen molar-refractivity contribution < 1.29 is 13.2 Å². The molecule has 1 heterocycles. The highest BCUT2D eigenvalue weighted by Crippen LogP contribution is 2.19. The molecule has 27 heavy (non-hydrogen) atoms. The fraction of sp³-hybridized carbons (Fsp3) is 0.150. The van der Waals surface area contributed by atoms with Gasteiger partial charge in [-0.2, -0.15) is 0 Å². The van der Waals surface area contributed by atoms with Gasteiger partial charge in [0.1, 0.15) is 0 Å². The second-order valence-electron chi connectivity index (χ2n) is 5.90. The van der Waals surface area contributed by atoms with Gasteiger partial charge in [0.15, 0.2) is 0 Å². The first kappa shape index (κ1) is 19.1. The summed E-state index contributed by atoms with van der Waals surface area (Å²) in [5, 5.41) is 1.98. The summed E-state index contributed by atoms with van der Waals surface area (Å²) >= 11 is 1.60. The van der Waals surface area contributed by atoms with Crippen LogP contribution in [-0.4, -0.2) is 25.8 Å². The van der Waals surface area contributed by atoms with Crippen LogP contribution in [0.4, 0.5) is 5.69 Å². The van der Waals surface area contributed by atoms with Crippen LogP contribution in [0.15, 0.2) is 77.0 Å². The van der Waals surface area contributed by atoms with E-state index in [1.54, 1.807) is 58.7 Å². The molecule has 2 aromatic carbocycles. The van der Waals surface area contributed by atoms with Crippen molar-refractivity contribution >= 4 is 33.0 Å². The van der Waals surface area contributed by atoms with E-state index >= 15 is 0 Å². The van der Waals surface area contributed by atoms with Crippen LogP contribution < -0.4 is 4.72 Å². The zero-order valence-electron chi connectivity index (χ0n) is 14.8. The van der Waals surface area contributed by atoms with Crippen LogP contribution in [0.3, 0.4) is 0 Å². The number of rotatable bonds is 7. The topological polar surface area (TPSA) is 66.5 Å². The molecule has 0 atom stereocenters. The highest BCUT2D eigenvalue weighted by atomic mass is 32.2. The predicted octanol–water partition coefficient (Wildman–Crippen LogP) is 4.21. The van der Waals surface area contributed by atoms with E-state index in [1.807, 2.05) is 24.4 Å². The molecule has 0 saturated heterocycles. The van der Waals surface area contributed by atoms with Crippen molar-refractivity contribution in [2.75, 3.05) is 11.3 Å². The van der Waals surface area contributed by atoms with Crippen molar-refractivity contribution in [3.8, 4) is 0 Å². The summed E-state index contributed by atoms with van der Waals surface area (Å²) in [6.45, 7) is 3.02. The van der Waals surface area contributed by atoms with Crippen LogP contribution in [0.1, 0.15) is 22.2 Å². The fourth-order valence-electron chi connectivity index (χ4n) is 2.63. The highest BCUT2D eigenvalue weighted by Gasteiger charge is 2.17. The van der Waals surface area contributed by atoms with Crippen LogP contribution in [-0.2, 0) is 16.6 Å². The lowest BCUT2D eigenvalue weighted by molar-refractivity contribution is 0.0754. The van der Waals surface area contributed by atoms with E-state index < -0.39 is 10.0 Å². The Morgan fingerprint density at radius 3 is 2.48 bits per heavy atom. The molecule has 5 nitrogen and oxygen atoms in total. The van der Waals surface area contributed by atoms with Crippen molar-refractivity contribution in [2.24, 2.45) is 0 Å². The van der Waals surface area contributed by atoms with Gasteiger partial charge in [0.05, 0.1) is 11.4 Å². The van der Waals surface area contributed by atoms with Crippen LogP contribution >= 0.6 is 11.3 Å². The summed E-state index contributed by atoms with van der Waals surface area (Å²) in [6, 6.07) is 18.7. The molecule has 0 bridgehead atoms. The van der Waals surface area contributed by atoms with E-state index in [4.69, 9.17) is 0 Å². The number of benzene rings is 2. The third-order valence-electron chi connectivity index (χ3n) is 4.01. The summed E-state index contributed by atoms with van der Waals surface area (Å²) in [7, 11) is -3.70. The maximum Gasteiger partial charge on any atom is 0.261 e. The third-order valence-corrected chi connectivity index (χ3v) is 6.27. The van der Waals surface area contributed by atoms with Gasteiger partial charge in [0.2, 0.25) is 0 Å². The normalized spacial score (nSPS) is 11.1. The van der Waals surface area contributed by atoms with Crippen LogP contribution in [0, 0.1) is 0 Å². The summed E-state index contributed by atoms with van der Waals surface area (Å²) in [5.41, 5.74) is 0.804. The Balaban J connectivity index is 1.79. The minimum absolute atomic E-state index is 0.133. The van der Waals surface area contributed by atoms with Crippen molar-refractivity contribution in [3.05, 3.63) is 82.6 Å². The Morgan fingerprint density at radius 1 is 1.04 bits per heavy atom. The van der Waals surface area contributed by atoms with Gasteiger partial charge in [-0.15, -0.1) is 11.3 Å². The average Bonchev–Trinajstić information content (AvgIpc) is 3.19. The van der Waals surface area contributed by atoms with Crippen LogP contribution in [0.25, 0.3) is 0 Å². The molecular weight excluding hydrogens is 380 g/mol. The lowest BCUT2D eigenvalue weighted by atomic mass is 10.1. The molecule has 0 unspecified atom stereocenters. The molecule has 0 aliphatic heterocycles. The Hall–Kier alpha value is -2.64. The number of anilines is 1. The van der Waals surface area contributed by atoms with Gasteiger partial charge < -0.3 is 4.90 Å². The molecule has 0 aliphatic rings. The highest BCUT2D eigenvalue weighted by molar-refractivity contribution is 7.92. The van der Waals surface area contributed by atoms with Crippen molar-refractivity contribution in [3.63, 3.8) is 0 Å². The van der Waals surface area contributed by atoms with Gasteiger partial charge in [0, 0.05) is 22.7 Å². The lowest BCUT2D eigenvalue weighted by Crippen LogP contribution is -2.30. The molecule has 0 radical (unpaired) electrons. The first-order valence-corrected chi connectivity index (χ1v) is 10.9. The summed E-state index contributed by atoms with van der Waals surface area (Å²) in [5.74, 6) is -0.133. The van der Waals surface area contributed by atoms with E-state index in [-0.39, 0.29) is 10.8 Å². The smallest absolute Gasteiger partial charge is 0.261 e. The second-order valence-corrected chi connectivity index (χ2v) is 8.61. The zero-order chi connectivity index (χ0) is 19.3. The number of nitrogens with one attached hydrogen (secondary N) is 1. The van der Waals surface area contributed by atoms with Gasteiger partial charge in [-0.1, -0.05) is 30.3 Å². The third kappa shape index (κ3) is 4.75. The largest absolute Gasteiger partial charge is 0.334 e. The molecular formula is C20H20N2O3S2. The number of thiophene rings is 1. The Labute approximate surface area is 163 Å². The van der Waals surface area contributed by atoms with E-state index in [1.165, 1.54) is 12.1 Å². The Bertz CT molecular complexity index is 1000. The molecule has 1 amide bonds. The minimum atomic E-state index is -3.70. The van der Waals surface area contributed by atoms with E-state index in [0.717, 1.165) is 4.88 Å². The summed E-state index contributed by atoms with van der Waals surface area (Å²) in [4.78, 5) is 15.9. The number of hydrogen-bond donors (Lipinski definition) is 1. The molecule has 3 aromatic rings.